The van der Waals surface area contributed by atoms with E-state index in [1.54, 1.807) is 12.2 Å². The molecule has 0 atom stereocenters. The molecule has 0 aromatic carbocycles. The maximum absolute atomic E-state index is 8.03. The fourth-order valence-electron chi connectivity index (χ4n) is 0.408. The van der Waals surface area contributed by atoms with Crippen molar-refractivity contribution >= 4 is 0 Å². The summed E-state index contributed by atoms with van der Waals surface area (Å²) >= 11 is 0. The van der Waals surface area contributed by atoms with Gasteiger partial charge in [0.2, 0.25) is 0 Å². The van der Waals surface area contributed by atoms with Crippen molar-refractivity contribution < 1.29 is 0 Å². The summed E-state index contributed by atoms with van der Waals surface area (Å²) in [6.07, 6.45) is 6.18. The van der Waals surface area contributed by atoms with Gasteiger partial charge in [-0.2, -0.15) is 10.5 Å². The van der Waals surface area contributed by atoms with E-state index in [1.165, 1.54) is 0 Å². The molecule has 2 heteroatoms. The maximum Gasteiger partial charge on any atom is 0.0621 e. The Hall–Kier alpha value is -1.54. The summed E-state index contributed by atoms with van der Waals surface area (Å²) < 4.78 is 0. The highest BCUT2D eigenvalue weighted by molar-refractivity contribution is 4.88. The minimum absolute atomic E-state index is 0.585. The van der Waals surface area contributed by atoms with Gasteiger partial charge in [0.15, 0.2) is 0 Å². The van der Waals surface area contributed by atoms with Crippen molar-refractivity contribution in [1.82, 2.24) is 0 Å². The van der Waals surface area contributed by atoms with Crippen LogP contribution in [0.15, 0.2) is 25.3 Å². The Labute approximate surface area is 74.4 Å². The molecule has 0 aliphatic heterocycles. The summed E-state index contributed by atoms with van der Waals surface area (Å²) in [5.74, 6) is 0. The van der Waals surface area contributed by atoms with Gasteiger partial charge in [0.25, 0.3) is 0 Å². The third-order valence-corrected chi connectivity index (χ3v) is 0.994. The second-order valence-corrected chi connectivity index (χ2v) is 1.99. The van der Waals surface area contributed by atoms with Crippen molar-refractivity contribution in [3.8, 4) is 12.1 Å². The second kappa shape index (κ2) is 16.2. The third-order valence-electron chi connectivity index (χ3n) is 0.994. The lowest BCUT2D eigenvalue weighted by atomic mass is 10.2. The Balaban J connectivity index is 0. The zero-order valence-corrected chi connectivity index (χ0v) is 7.29. The first kappa shape index (κ1) is 13.1. The number of unbranched alkanes of at least 4 members (excludes halogenated alkanes) is 3. The van der Waals surface area contributed by atoms with Crippen LogP contribution in [0, 0.1) is 22.7 Å². The van der Waals surface area contributed by atoms with Crippen LogP contribution in [-0.4, -0.2) is 0 Å². The van der Waals surface area contributed by atoms with Crippen LogP contribution in [0.3, 0.4) is 0 Å². The normalized spacial score (nSPS) is 6.50. The van der Waals surface area contributed by atoms with E-state index in [9.17, 15) is 0 Å². The van der Waals surface area contributed by atoms with Crippen LogP contribution >= 0.6 is 0 Å². The summed E-state index contributed by atoms with van der Waals surface area (Å²) in [5.41, 5.74) is 0. The second-order valence-electron chi connectivity index (χ2n) is 1.99. The van der Waals surface area contributed by atoms with Gasteiger partial charge in [-0.05, 0) is 12.8 Å². The van der Waals surface area contributed by atoms with E-state index >= 15 is 0 Å². The van der Waals surface area contributed by atoms with Gasteiger partial charge in [0, 0.05) is 12.8 Å². The molecule has 0 fully saturated rings. The molecule has 12 heavy (non-hydrogen) atoms. The Morgan fingerprint density at radius 2 is 1.25 bits per heavy atom. The highest BCUT2D eigenvalue weighted by atomic mass is 14.2. The molecule has 2 nitrogen and oxygen atoms in total. The molecule has 0 radical (unpaired) electrons. The quantitative estimate of drug-likeness (QED) is 0.471. The van der Waals surface area contributed by atoms with Gasteiger partial charge in [-0.15, -0.1) is 0 Å². The van der Waals surface area contributed by atoms with Crippen LogP contribution in [0.1, 0.15) is 25.7 Å². The topological polar surface area (TPSA) is 47.6 Å². The van der Waals surface area contributed by atoms with Crippen molar-refractivity contribution in [3.05, 3.63) is 25.3 Å². The number of rotatable bonds is 4. The lowest BCUT2D eigenvalue weighted by molar-refractivity contribution is 0.773. The standard InChI is InChI=1S/C6H8N2.C4H6/c7-5-3-1-2-4-6-8;1-3-4-2/h1-4H2;3-4H,1-2H2. The van der Waals surface area contributed by atoms with Gasteiger partial charge in [-0.3, -0.25) is 0 Å². The third kappa shape index (κ3) is 23.7. The highest BCUT2D eigenvalue weighted by Gasteiger charge is 1.83. The Kier molecular flexibility index (Phi) is 17.7. The highest BCUT2D eigenvalue weighted by Crippen LogP contribution is 1.95. The van der Waals surface area contributed by atoms with Crippen molar-refractivity contribution in [1.29, 1.82) is 10.5 Å². The van der Waals surface area contributed by atoms with E-state index in [4.69, 9.17) is 10.5 Å². The molecular weight excluding hydrogens is 148 g/mol. The minimum atomic E-state index is 0.585. The molecule has 0 aliphatic carbocycles. The molecule has 0 heterocycles. The largest absolute Gasteiger partial charge is 0.198 e. The summed E-state index contributed by atoms with van der Waals surface area (Å²) in [6.45, 7) is 6.72. The lowest BCUT2D eigenvalue weighted by Crippen LogP contribution is -1.70. The van der Waals surface area contributed by atoms with E-state index in [1.807, 2.05) is 12.1 Å². The van der Waals surface area contributed by atoms with E-state index < -0.39 is 0 Å². The van der Waals surface area contributed by atoms with E-state index in [-0.39, 0.29) is 0 Å². The molecule has 64 valence electrons. The van der Waals surface area contributed by atoms with Crippen molar-refractivity contribution in [2.75, 3.05) is 0 Å². The molecule has 0 aromatic rings. The monoisotopic (exact) mass is 162 g/mol. The minimum Gasteiger partial charge on any atom is -0.198 e. The van der Waals surface area contributed by atoms with Crippen LogP contribution in [0.2, 0.25) is 0 Å². The predicted octanol–water partition coefficient (Wildman–Crippen LogP) is 2.95. The Bertz CT molecular complexity index is 159. The molecule has 0 saturated heterocycles. The molecule has 0 amide bonds. The van der Waals surface area contributed by atoms with Crippen LogP contribution in [-0.2, 0) is 0 Å². The number of allylic oxidation sites excluding steroid dienone is 2. The van der Waals surface area contributed by atoms with Crippen LogP contribution < -0.4 is 0 Å². The number of hydrogen-bond acceptors (Lipinski definition) is 2. The summed E-state index contributed by atoms with van der Waals surface area (Å²) in [4.78, 5) is 0. The predicted molar refractivity (Wildman–Crippen MR) is 50.1 cm³/mol. The summed E-state index contributed by atoms with van der Waals surface area (Å²) in [6, 6.07) is 4.03. The first-order chi connectivity index (χ1) is 5.83. The molecule has 0 bridgehead atoms. The van der Waals surface area contributed by atoms with Gasteiger partial charge in [-0.1, -0.05) is 25.3 Å². The smallest absolute Gasteiger partial charge is 0.0621 e. The average Bonchev–Trinajstić information content (AvgIpc) is 2.13. The first-order valence-corrected chi connectivity index (χ1v) is 3.80. The maximum atomic E-state index is 8.03. The zero-order valence-electron chi connectivity index (χ0n) is 7.29. The number of nitriles is 2. The van der Waals surface area contributed by atoms with E-state index in [0.29, 0.717) is 12.8 Å². The van der Waals surface area contributed by atoms with Crippen molar-refractivity contribution in [3.63, 3.8) is 0 Å². The lowest BCUT2D eigenvalue weighted by Gasteiger charge is -1.83. The number of hydrogen-bond donors (Lipinski definition) is 0. The summed E-state index contributed by atoms with van der Waals surface area (Å²) in [7, 11) is 0. The molecule has 0 aliphatic rings. The van der Waals surface area contributed by atoms with Crippen molar-refractivity contribution in [2.24, 2.45) is 0 Å². The van der Waals surface area contributed by atoms with Gasteiger partial charge in [-0.25, -0.2) is 0 Å². The van der Waals surface area contributed by atoms with Crippen molar-refractivity contribution in [2.45, 2.75) is 25.7 Å². The number of nitrogens with zero attached hydrogens (tertiary/aromatic N) is 2. The van der Waals surface area contributed by atoms with E-state index in [2.05, 4.69) is 13.2 Å². The van der Waals surface area contributed by atoms with E-state index in [0.717, 1.165) is 12.8 Å². The van der Waals surface area contributed by atoms with Gasteiger partial charge in [0.1, 0.15) is 0 Å². The van der Waals surface area contributed by atoms with Gasteiger partial charge >= 0.3 is 0 Å². The summed E-state index contributed by atoms with van der Waals surface area (Å²) in [5, 5.41) is 16.1. The van der Waals surface area contributed by atoms with Crippen LogP contribution in [0.4, 0.5) is 0 Å². The Morgan fingerprint density at radius 3 is 1.42 bits per heavy atom. The average molecular weight is 162 g/mol. The SMILES string of the molecule is C=CC=C.N#CCCCCC#N. The molecular formula is C10H14N2. The Morgan fingerprint density at radius 1 is 0.917 bits per heavy atom. The fraction of sp³-hybridized carbons (Fsp3) is 0.400. The molecule has 0 N–H and O–H groups in total. The fourth-order valence-corrected chi connectivity index (χ4v) is 0.408. The first-order valence-electron chi connectivity index (χ1n) is 3.80. The zero-order chi connectivity index (χ0) is 9.66. The molecule has 0 unspecified atom stereocenters. The molecule has 0 spiro atoms. The van der Waals surface area contributed by atoms with Gasteiger partial charge in [0.05, 0.1) is 12.1 Å². The van der Waals surface area contributed by atoms with Crippen LogP contribution in [0.5, 0.6) is 0 Å². The molecule has 0 aromatic heterocycles. The van der Waals surface area contributed by atoms with Crippen LogP contribution in [0.25, 0.3) is 0 Å². The molecule has 0 rings (SSSR count). The van der Waals surface area contributed by atoms with Gasteiger partial charge < -0.3 is 0 Å². The molecule has 0 saturated carbocycles.